The van der Waals surface area contributed by atoms with Crippen LogP contribution in [-0.2, 0) is 20.9 Å². The van der Waals surface area contributed by atoms with Crippen LogP contribution in [0.3, 0.4) is 0 Å². The van der Waals surface area contributed by atoms with E-state index in [0.717, 1.165) is 62.5 Å². The fraction of sp³-hybridized carbons (Fsp3) is 0.659. The van der Waals surface area contributed by atoms with E-state index in [1.54, 1.807) is 13.0 Å². The predicted molar refractivity (Wildman–Crippen MR) is 189 cm³/mol. The van der Waals surface area contributed by atoms with Crippen molar-refractivity contribution in [2.75, 3.05) is 0 Å². The van der Waals surface area contributed by atoms with E-state index in [4.69, 9.17) is 4.74 Å². The highest BCUT2D eigenvalue weighted by Gasteiger charge is 2.61. The molecule has 0 heterocycles. The van der Waals surface area contributed by atoms with Gasteiger partial charge in [-0.3, -0.25) is 9.59 Å². The van der Waals surface area contributed by atoms with Crippen molar-refractivity contribution in [1.29, 1.82) is 5.26 Å². The third-order valence-corrected chi connectivity index (χ3v) is 12.1. The number of amides is 1. The van der Waals surface area contributed by atoms with Gasteiger partial charge in [0.25, 0.3) is 0 Å². The first-order chi connectivity index (χ1) is 21.7. The van der Waals surface area contributed by atoms with Crippen molar-refractivity contribution in [3.05, 3.63) is 59.2 Å². The number of nitrogens with one attached hydrogen (secondary N) is 1. The lowest BCUT2D eigenvalue weighted by atomic mass is 9.42. The van der Waals surface area contributed by atoms with Crippen LogP contribution in [0.15, 0.2) is 53.6 Å². The Labute approximate surface area is 284 Å². The molecule has 1 saturated carbocycles. The molecule has 1 aromatic rings. The van der Waals surface area contributed by atoms with Gasteiger partial charge in [-0.05, 0) is 92.6 Å². The van der Waals surface area contributed by atoms with E-state index < -0.39 is 27.9 Å². The summed E-state index contributed by atoms with van der Waals surface area (Å²) in [5, 5.41) is 13.3. The highest BCUT2D eigenvalue weighted by atomic mass is 16.5. The lowest BCUT2D eigenvalue weighted by Gasteiger charge is -2.61. The van der Waals surface area contributed by atoms with Gasteiger partial charge in [0.15, 0.2) is 11.6 Å². The van der Waals surface area contributed by atoms with Crippen molar-refractivity contribution < 1.29 is 19.1 Å². The third kappa shape index (κ3) is 8.27. The van der Waals surface area contributed by atoms with Crippen molar-refractivity contribution in [1.82, 2.24) is 5.32 Å². The Balaban J connectivity index is 1.95. The SMILES string of the molecule is CCCC(C)(C)CC[C@@](C)(CCC(C)(C)[C@]1(C)CC[C@H]2C(C)(C)C(=O)C(C#N)=C[C@]2(C)/C1=C/C(C)=O)NC(=O)OCc1ccccc1. The van der Waals surface area contributed by atoms with Crippen LogP contribution in [-0.4, -0.2) is 23.2 Å². The van der Waals surface area contributed by atoms with Crippen molar-refractivity contribution in [3.63, 3.8) is 0 Å². The first-order valence-electron chi connectivity index (χ1n) is 17.6. The van der Waals surface area contributed by atoms with E-state index in [-0.39, 0.29) is 40.5 Å². The molecular formula is C41H60N2O4. The van der Waals surface area contributed by atoms with Crippen molar-refractivity contribution >= 4 is 17.7 Å². The Hall–Kier alpha value is -3.20. The van der Waals surface area contributed by atoms with Crippen molar-refractivity contribution in [2.24, 2.45) is 33.0 Å². The lowest BCUT2D eigenvalue weighted by Crippen LogP contribution is -2.56. The maximum absolute atomic E-state index is 13.3. The van der Waals surface area contributed by atoms with Gasteiger partial charge in [0.2, 0.25) is 0 Å². The van der Waals surface area contributed by atoms with Gasteiger partial charge in [0.1, 0.15) is 12.7 Å². The number of Topliss-reactive ketones (excluding diaryl/α,β-unsaturated/α-hetero) is 1. The Bertz CT molecular complexity index is 1430. The molecule has 6 nitrogen and oxygen atoms in total. The fourth-order valence-corrected chi connectivity index (χ4v) is 8.65. The number of fused-ring (bicyclic) bond motifs is 1. The molecule has 0 saturated heterocycles. The summed E-state index contributed by atoms with van der Waals surface area (Å²) in [7, 11) is 0. The van der Waals surface area contributed by atoms with Crippen molar-refractivity contribution in [2.45, 2.75) is 140 Å². The average molecular weight is 645 g/mol. The molecule has 1 amide bonds. The van der Waals surface area contributed by atoms with Crippen LogP contribution in [0.2, 0.25) is 0 Å². The van der Waals surface area contributed by atoms with Crippen LogP contribution < -0.4 is 5.32 Å². The molecule has 0 radical (unpaired) electrons. The number of benzene rings is 1. The number of carbonyl (C=O) groups is 3. The molecule has 1 aromatic carbocycles. The topological polar surface area (TPSA) is 96.3 Å². The number of nitriles is 1. The molecule has 47 heavy (non-hydrogen) atoms. The quantitative estimate of drug-likeness (QED) is 0.216. The summed E-state index contributed by atoms with van der Waals surface area (Å²) in [6, 6.07) is 11.9. The van der Waals surface area contributed by atoms with E-state index in [1.807, 2.05) is 50.3 Å². The van der Waals surface area contributed by atoms with Crippen LogP contribution in [0.25, 0.3) is 0 Å². The number of allylic oxidation sites excluding steroid dienone is 4. The highest BCUT2D eigenvalue weighted by molar-refractivity contribution is 6.04. The minimum absolute atomic E-state index is 0.0267. The number of hydrogen-bond acceptors (Lipinski definition) is 5. The van der Waals surface area contributed by atoms with Gasteiger partial charge in [-0.2, -0.15) is 5.26 Å². The zero-order valence-corrected chi connectivity index (χ0v) is 31.1. The zero-order chi connectivity index (χ0) is 35.5. The summed E-state index contributed by atoms with van der Waals surface area (Å²) in [5.74, 6) is -0.169. The average Bonchev–Trinajstić information content (AvgIpc) is 2.98. The summed E-state index contributed by atoms with van der Waals surface area (Å²) in [4.78, 5) is 39.5. The molecule has 3 rings (SSSR count). The highest BCUT2D eigenvalue weighted by Crippen LogP contribution is 2.67. The normalized spacial score (nSPS) is 26.4. The summed E-state index contributed by atoms with van der Waals surface area (Å²) in [6.07, 6.45) is 10.4. The summed E-state index contributed by atoms with van der Waals surface area (Å²) >= 11 is 0. The van der Waals surface area contributed by atoms with Crippen LogP contribution in [0, 0.1) is 44.3 Å². The Morgan fingerprint density at radius 1 is 1.00 bits per heavy atom. The number of ketones is 2. The Morgan fingerprint density at radius 2 is 1.62 bits per heavy atom. The van der Waals surface area contributed by atoms with Crippen molar-refractivity contribution in [3.8, 4) is 6.07 Å². The minimum Gasteiger partial charge on any atom is -0.445 e. The second-order valence-electron chi connectivity index (χ2n) is 17.1. The molecular weight excluding hydrogens is 584 g/mol. The second-order valence-corrected chi connectivity index (χ2v) is 17.1. The number of carbonyl (C=O) groups excluding carboxylic acids is 3. The molecule has 2 aliphatic rings. The predicted octanol–water partition coefficient (Wildman–Crippen LogP) is 10.1. The third-order valence-electron chi connectivity index (χ3n) is 12.1. The van der Waals surface area contributed by atoms with E-state index in [2.05, 4.69) is 66.8 Å². The zero-order valence-electron chi connectivity index (χ0n) is 31.1. The lowest BCUT2D eigenvalue weighted by molar-refractivity contribution is -0.131. The van der Waals surface area contributed by atoms with E-state index in [9.17, 15) is 19.6 Å². The molecule has 2 aliphatic carbocycles. The number of alkyl carbamates (subject to hydrolysis) is 1. The van der Waals surface area contributed by atoms with Gasteiger partial charge in [-0.1, -0.05) is 111 Å². The molecule has 0 bridgehead atoms. The monoisotopic (exact) mass is 644 g/mol. The summed E-state index contributed by atoms with van der Waals surface area (Å²) in [6.45, 7) is 23.6. The van der Waals surface area contributed by atoms with Crippen LogP contribution in [0.1, 0.15) is 133 Å². The number of nitrogens with zero attached hydrogens (tertiary/aromatic N) is 1. The van der Waals surface area contributed by atoms with Crippen LogP contribution in [0.4, 0.5) is 4.79 Å². The molecule has 1 N–H and O–H groups in total. The largest absolute Gasteiger partial charge is 0.445 e. The molecule has 0 aliphatic heterocycles. The van der Waals surface area contributed by atoms with E-state index in [0.29, 0.717) is 0 Å². The van der Waals surface area contributed by atoms with Crippen LogP contribution in [0.5, 0.6) is 0 Å². The van der Waals surface area contributed by atoms with Gasteiger partial charge in [-0.25, -0.2) is 4.79 Å². The summed E-state index contributed by atoms with van der Waals surface area (Å²) < 4.78 is 5.70. The molecule has 0 aromatic heterocycles. The van der Waals surface area contributed by atoms with E-state index in [1.165, 1.54) is 0 Å². The Kier molecular flexibility index (Phi) is 11.5. The first kappa shape index (κ1) is 38.2. The molecule has 6 heteroatoms. The van der Waals surface area contributed by atoms with Gasteiger partial charge in [0, 0.05) is 16.4 Å². The molecule has 1 fully saturated rings. The smallest absolute Gasteiger partial charge is 0.407 e. The summed E-state index contributed by atoms with van der Waals surface area (Å²) in [5.41, 5.74) is -0.248. The Morgan fingerprint density at radius 3 is 2.19 bits per heavy atom. The maximum Gasteiger partial charge on any atom is 0.407 e. The number of ether oxygens (including phenoxy) is 1. The molecule has 4 atom stereocenters. The molecule has 0 unspecified atom stereocenters. The standard InChI is InChI=1S/C41H60N2O4/c1-12-19-36(3,4)21-23-39(9,43-35(46)47-28-30-16-14-13-15-17-30)24-22-37(5,6)41(11)20-18-32-38(7,8)34(45)31(27-42)26-40(32,10)33(41)25-29(2)44/h13-17,25-26,32H,12,18-24,28H2,1-11H3,(H,43,46)/b33-25-/t32-,39-,40-,41+/m0/s1. The number of rotatable bonds is 13. The number of hydrogen-bond donors (Lipinski definition) is 1. The minimum atomic E-state index is -0.718. The second kappa shape index (κ2) is 14.1. The van der Waals surface area contributed by atoms with E-state index >= 15 is 0 Å². The van der Waals surface area contributed by atoms with Gasteiger partial charge in [0.05, 0.1) is 5.57 Å². The fourth-order valence-electron chi connectivity index (χ4n) is 8.65. The van der Waals surface area contributed by atoms with Gasteiger partial charge >= 0.3 is 6.09 Å². The maximum atomic E-state index is 13.3. The van der Waals surface area contributed by atoms with Gasteiger partial charge in [-0.15, -0.1) is 0 Å². The van der Waals surface area contributed by atoms with Crippen LogP contribution >= 0.6 is 0 Å². The van der Waals surface area contributed by atoms with Gasteiger partial charge < -0.3 is 10.1 Å². The molecule has 258 valence electrons. The first-order valence-corrected chi connectivity index (χ1v) is 17.6. The molecule has 0 spiro atoms.